The molecule has 110 valence electrons. The van der Waals surface area contributed by atoms with Crippen LogP contribution >= 0.6 is 0 Å². The van der Waals surface area contributed by atoms with Gasteiger partial charge >= 0.3 is 0 Å². The van der Waals surface area contributed by atoms with E-state index in [1.54, 1.807) is 22.8 Å². The Morgan fingerprint density at radius 2 is 2.14 bits per heavy atom. The first kappa shape index (κ1) is 14.4. The van der Waals surface area contributed by atoms with Crippen LogP contribution in [-0.2, 0) is 0 Å². The predicted molar refractivity (Wildman–Crippen MR) is 87.6 cm³/mol. The van der Waals surface area contributed by atoms with Crippen molar-refractivity contribution < 1.29 is 5.11 Å². The Morgan fingerprint density at radius 3 is 2.91 bits per heavy atom. The molecule has 6 nitrogen and oxygen atoms in total. The van der Waals surface area contributed by atoms with Crippen molar-refractivity contribution in [3.05, 3.63) is 36.5 Å². The standard InChI is InChI=1S/C15H16BN5O/c16-11-9-19-21-14(18-7-3-6-17)8-12(20-15(11)21)10-4-1-2-5-13(10)22/h1-2,4-5,8-9,18,22H,3,6-7,17H2. The molecule has 0 aliphatic heterocycles. The molecule has 7 heteroatoms. The maximum Gasteiger partial charge on any atom is 0.150 e. The SMILES string of the molecule is [B]c1cnn2c(NCCCN)cc(-c3ccccc3O)nc12. The van der Waals surface area contributed by atoms with E-state index >= 15 is 0 Å². The van der Waals surface area contributed by atoms with Gasteiger partial charge in [-0.3, -0.25) is 0 Å². The van der Waals surface area contributed by atoms with Crippen LogP contribution in [0.2, 0.25) is 0 Å². The average molecular weight is 293 g/mol. The number of hydrogen-bond acceptors (Lipinski definition) is 5. The maximum absolute atomic E-state index is 10.0. The van der Waals surface area contributed by atoms with Crippen LogP contribution in [0.15, 0.2) is 36.5 Å². The highest BCUT2D eigenvalue weighted by Crippen LogP contribution is 2.29. The summed E-state index contributed by atoms with van der Waals surface area (Å²) in [5.74, 6) is 0.929. The van der Waals surface area contributed by atoms with Crippen LogP contribution in [0.3, 0.4) is 0 Å². The van der Waals surface area contributed by atoms with Gasteiger partial charge in [0.15, 0.2) is 5.65 Å². The summed E-state index contributed by atoms with van der Waals surface area (Å²) >= 11 is 0. The van der Waals surface area contributed by atoms with Crippen molar-refractivity contribution in [2.24, 2.45) is 5.73 Å². The molecule has 0 spiro atoms. The van der Waals surface area contributed by atoms with E-state index in [4.69, 9.17) is 13.6 Å². The summed E-state index contributed by atoms with van der Waals surface area (Å²) < 4.78 is 1.65. The number of nitrogens with one attached hydrogen (secondary N) is 1. The Balaban J connectivity index is 2.11. The lowest BCUT2D eigenvalue weighted by atomic mass is 10.0. The molecule has 3 aromatic rings. The fourth-order valence-electron chi connectivity index (χ4n) is 2.25. The smallest absolute Gasteiger partial charge is 0.150 e. The van der Waals surface area contributed by atoms with Crippen molar-refractivity contribution in [2.45, 2.75) is 6.42 Å². The molecular weight excluding hydrogens is 277 g/mol. The second kappa shape index (κ2) is 6.07. The van der Waals surface area contributed by atoms with E-state index < -0.39 is 0 Å². The molecule has 0 fully saturated rings. The molecule has 0 atom stereocenters. The van der Waals surface area contributed by atoms with Crippen molar-refractivity contribution in [1.82, 2.24) is 14.6 Å². The van der Waals surface area contributed by atoms with Crippen molar-refractivity contribution in [2.75, 3.05) is 18.4 Å². The second-order valence-corrected chi connectivity index (χ2v) is 4.95. The largest absolute Gasteiger partial charge is 0.507 e. The van der Waals surface area contributed by atoms with Crippen LogP contribution in [0.4, 0.5) is 5.82 Å². The second-order valence-electron chi connectivity index (χ2n) is 4.95. The zero-order chi connectivity index (χ0) is 15.5. The van der Waals surface area contributed by atoms with Gasteiger partial charge in [0, 0.05) is 24.4 Å². The first-order chi connectivity index (χ1) is 10.7. The van der Waals surface area contributed by atoms with Gasteiger partial charge in [-0.05, 0) is 30.6 Å². The fraction of sp³-hybridized carbons (Fsp3) is 0.200. The summed E-state index contributed by atoms with van der Waals surface area (Å²) in [6.45, 7) is 1.32. The number of aromatic nitrogens is 3. The normalized spacial score (nSPS) is 11.0. The van der Waals surface area contributed by atoms with Crippen LogP contribution in [0.1, 0.15) is 6.42 Å². The van der Waals surface area contributed by atoms with Crippen LogP contribution in [0.5, 0.6) is 5.75 Å². The number of nitrogens with zero attached hydrogens (tertiary/aromatic N) is 3. The molecule has 0 saturated carbocycles. The molecule has 2 aromatic heterocycles. The van der Waals surface area contributed by atoms with Gasteiger partial charge in [0.25, 0.3) is 0 Å². The van der Waals surface area contributed by atoms with E-state index in [1.807, 2.05) is 18.2 Å². The van der Waals surface area contributed by atoms with E-state index in [1.165, 1.54) is 0 Å². The van der Waals surface area contributed by atoms with Gasteiger partial charge in [-0.15, -0.1) is 0 Å². The minimum Gasteiger partial charge on any atom is -0.507 e. The van der Waals surface area contributed by atoms with Crippen LogP contribution in [0.25, 0.3) is 16.9 Å². The molecule has 1 aromatic carbocycles. The Bertz CT molecular complexity index is 802. The molecule has 0 aliphatic carbocycles. The lowest BCUT2D eigenvalue weighted by Gasteiger charge is -2.11. The molecule has 22 heavy (non-hydrogen) atoms. The first-order valence-corrected chi connectivity index (χ1v) is 7.07. The highest BCUT2D eigenvalue weighted by Gasteiger charge is 2.12. The molecule has 2 heterocycles. The Morgan fingerprint density at radius 1 is 1.32 bits per heavy atom. The zero-order valence-corrected chi connectivity index (χ0v) is 12.0. The van der Waals surface area contributed by atoms with Crippen LogP contribution in [0, 0.1) is 0 Å². The highest BCUT2D eigenvalue weighted by atomic mass is 16.3. The molecule has 3 rings (SSSR count). The zero-order valence-electron chi connectivity index (χ0n) is 12.0. The van der Waals surface area contributed by atoms with Crippen LogP contribution < -0.4 is 16.5 Å². The summed E-state index contributed by atoms with van der Waals surface area (Å²) in [7, 11) is 5.93. The van der Waals surface area contributed by atoms with Crippen molar-refractivity contribution in [3.8, 4) is 17.0 Å². The average Bonchev–Trinajstić information content (AvgIpc) is 2.90. The van der Waals surface area contributed by atoms with Gasteiger partial charge in [-0.2, -0.15) is 9.61 Å². The van der Waals surface area contributed by atoms with Gasteiger partial charge in [0.05, 0.1) is 5.69 Å². The Labute approximate surface area is 129 Å². The van der Waals surface area contributed by atoms with E-state index in [-0.39, 0.29) is 5.75 Å². The first-order valence-electron chi connectivity index (χ1n) is 7.07. The topological polar surface area (TPSA) is 88.5 Å². The van der Waals surface area contributed by atoms with Crippen molar-refractivity contribution in [3.63, 3.8) is 0 Å². The maximum atomic E-state index is 10.0. The number of phenols is 1. The number of para-hydroxylation sites is 1. The number of aromatic hydroxyl groups is 1. The number of phenolic OH excluding ortho intramolecular Hbond substituents is 1. The van der Waals surface area contributed by atoms with E-state index in [9.17, 15) is 5.11 Å². The van der Waals surface area contributed by atoms with Gasteiger partial charge in [0.1, 0.15) is 19.4 Å². The molecular formula is C15H16BN5O. The molecule has 4 N–H and O–H groups in total. The van der Waals surface area contributed by atoms with Gasteiger partial charge < -0.3 is 16.2 Å². The Hall–Kier alpha value is -2.54. The quantitative estimate of drug-likeness (QED) is 0.475. The summed E-state index contributed by atoms with van der Waals surface area (Å²) in [6, 6.07) is 8.89. The third-order valence-electron chi connectivity index (χ3n) is 3.37. The van der Waals surface area contributed by atoms with Gasteiger partial charge in [-0.25, -0.2) is 4.98 Å². The number of benzene rings is 1. The molecule has 0 amide bonds. The number of anilines is 1. The van der Waals surface area contributed by atoms with Gasteiger partial charge in [-0.1, -0.05) is 12.1 Å². The van der Waals surface area contributed by atoms with E-state index in [0.717, 1.165) is 18.8 Å². The number of fused-ring (bicyclic) bond motifs is 1. The molecule has 0 saturated heterocycles. The van der Waals surface area contributed by atoms with Crippen molar-refractivity contribution in [1.29, 1.82) is 0 Å². The van der Waals surface area contributed by atoms with E-state index in [2.05, 4.69) is 15.4 Å². The minimum atomic E-state index is 0.172. The molecule has 2 radical (unpaired) electrons. The van der Waals surface area contributed by atoms with E-state index in [0.29, 0.717) is 28.9 Å². The summed E-state index contributed by atoms with van der Waals surface area (Å²) in [5, 5.41) is 17.5. The Kier molecular flexibility index (Phi) is 3.97. The van der Waals surface area contributed by atoms with Gasteiger partial charge in [0.2, 0.25) is 0 Å². The van der Waals surface area contributed by atoms with Crippen molar-refractivity contribution >= 4 is 24.8 Å². The predicted octanol–water partition coefficient (Wildman–Crippen LogP) is 0.656. The molecule has 0 bridgehead atoms. The lowest BCUT2D eigenvalue weighted by Crippen LogP contribution is -2.13. The van der Waals surface area contributed by atoms with Crippen LogP contribution in [-0.4, -0.2) is 40.6 Å². The minimum absolute atomic E-state index is 0.172. The monoisotopic (exact) mass is 293 g/mol. The number of rotatable bonds is 5. The lowest BCUT2D eigenvalue weighted by molar-refractivity contribution is 0.477. The number of nitrogens with two attached hydrogens (primary N) is 1. The third-order valence-corrected chi connectivity index (χ3v) is 3.37. The summed E-state index contributed by atoms with van der Waals surface area (Å²) in [4.78, 5) is 4.51. The third kappa shape index (κ3) is 2.63. The molecule has 0 aliphatic rings. The highest BCUT2D eigenvalue weighted by molar-refractivity contribution is 6.36. The summed E-state index contributed by atoms with van der Waals surface area (Å²) in [6.07, 6.45) is 2.40. The molecule has 0 unspecified atom stereocenters. The fourth-order valence-corrected chi connectivity index (χ4v) is 2.25. The number of hydrogen-bond donors (Lipinski definition) is 3. The summed E-state index contributed by atoms with van der Waals surface area (Å²) in [5.41, 5.74) is 7.84.